The van der Waals surface area contributed by atoms with E-state index in [4.69, 9.17) is 9.84 Å². The smallest absolute Gasteiger partial charge is 0.0479 e. The Balaban J connectivity index is 2.36. The van der Waals surface area contributed by atoms with Gasteiger partial charge in [0.1, 0.15) is 0 Å². The molecule has 0 aliphatic heterocycles. The van der Waals surface area contributed by atoms with Gasteiger partial charge < -0.3 is 15.2 Å². The fraction of sp³-hybridized carbons (Fsp3) is 0.500. The lowest BCUT2D eigenvalue weighted by Gasteiger charge is -2.07. The van der Waals surface area contributed by atoms with E-state index in [1.54, 1.807) is 7.11 Å². The average Bonchev–Trinajstić information content (AvgIpc) is 2.26. The van der Waals surface area contributed by atoms with Crippen molar-refractivity contribution in [3.8, 4) is 0 Å². The van der Waals surface area contributed by atoms with E-state index < -0.39 is 0 Å². The van der Waals surface area contributed by atoms with Crippen LogP contribution in [0.4, 0.5) is 5.69 Å². The normalized spacial score (nSPS) is 10.3. The van der Waals surface area contributed by atoms with Gasteiger partial charge in [-0.25, -0.2) is 0 Å². The molecule has 0 heterocycles. The van der Waals surface area contributed by atoms with Crippen molar-refractivity contribution in [3.63, 3.8) is 0 Å². The molecule has 0 saturated carbocycles. The van der Waals surface area contributed by atoms with Crippen LogP contribution in [0.25, 0.3) is 0 Å². The summed E-state index contributed by atoms with van der Waals surface area (Å²) in [5.74, 6) is 0. The van der Waals surface area contributed by atoms with E-state index in [1.165, 1.54) is 0 Å². The van der Waals surface area contributed by atoms with Crippen LogP contribution in [-0.2, 0) is 11.2 Å². The van der Waals surface area contributed by atoms with Gasteiger partial charge in [0.15, 0.2) is 0 Å². The summed E-state index contributed by atoms with van der Waals surface area (Å²) in [5, 5.41) is 12.1. The van der Waals surface area contributed by atoms with Crippen molar-refractivity contribution in [2.24, 2.45) is 0 Å². The van der Waals surface area contributed by atoms with Gasteiger partial charge in [0.05, 0.1) is 0 Å². The molecular weight excluding hydrogens is 190 g/mol. The Morgan fingerprint density at radius 2 is 2.27 bits per heavy atom. The number of rotatable bonds is 7. The molecule has 15 heavy (non-hydrogen) atoms. The second kappa shape index (κ2) is 7.26. The summed E-state index contributed by atoms with van der Waals surface area (Å²) in [5.41, 5.74) is 2.27. The second-order valence-corrected chi connectivity index (χ2v) is 3.45. The molecule has 0 aliphatic rings. The van der Waals surface area contributed by atoms with Gasteiger partial charge in [-0.15, -0.1) is 0 Å². The first-order chi connectivity index (χ1) is 7.36. The maximum Gasteiger partial charge on any atom is 0.0479 e. The summed E-state index contributed by atoms with van der Waals surface area (Å²) in [6, 6.07) is 8.14. The first-order valence-corrected chi connectivity index (χ1v) is 5.29. The summed E-state index contributed by atoms with van der Waals surface area (Å²) in [6.07, 6.45) is 1.72. The zero-order valence-corrected chi connectivity index (χ0v) is 9.20. The van der Waals surface area contributed by atoms with Gasteiger partial charge in [-0.1, -0.05) is 12.1 Å². The summed E-state index contributed by atoms with van der Waals surface area (Å²) in [7, 11) is 1.71. The number of hydrogen-bond donors (Lipinski definition) is 2. The summed E-state index contributed by atoms with van der Waals surface area (Å²) >= 11 is 0. The van der Waals surface area contributed by atoms with Gasteiger partial charge in [-0.05, 0) is 30.5 Å². The Labute approximate surface area is 91.1 Å². The first kappa shape index (κ1) is 12.0. The van der Waals surface area contributed by atoms with Crippen molar-refractivity contribution >= 4 is 5.69 Å². The lowest BCUT2D eigenvalue weighted by Crippen LogP contribution is -2.04. The van der Waals surface area contributed by atoms with Gasteiger partial charge >= 0.3 is 0 Å². The molecule has 0 aromatic heterocycles. The van der Waals surface area contributed by atoms with E-state index in [1.807, 2.05) is 18.2 Å². The molecule has 0 unspecified atom stereocenters. The first-order valence-electron chi connectivity index (χ1n) is 5.29. The maximum atomic E-state index is 8.82. The van der Waals surface area contributed by atoms with Gasteiger partial charge in [0.25, 0.3) is 0 Å². The number of methoxy groups -OCH3 is 1. The predicted octanol–water partition coefficient (Wildman–Crippen LogP) is 1.67. The van der Waals surface area contributed by atoms with Crippen molar-refractivity contribution in [1.29, 1.82) is 0 Å². The molecular formula is C12H19NO2. The molecule has 1 aromatic rings. The maximum absolute atomic E-state index is 8.82. The Morgan fingerprint density at radius 3 is 3.00 bits per heavy atom. The third-order valence-electron chi connectivity index (χ3n) is 2.18. The van der Waals surface area contributed by atoms with Crippen LogP contribution in [0, 0.1) is 0 Å². The topological polar surface area (TPSA) is 41.5 Å². The zero-order chi connectivity index (χ0) is 10.9. The monoisotopic (exact) mass is 209 g/mol. The van der Waals surface area contributed by atoms with Crippen molar-refractivity contribution in [2.75, 3.05) is 32.2 Å². The number of benzene rings is 1. The molecule has 84 valence electrons. The van der Waals surface area contributed by atoms with Crippen LogP contribution >= 0.6 is 0 Å². The minimum Gasteiger partial charge on any atom is -0.396 e. The molecule has 1 aromatic carbocycles. The molecule has 1 rings (SSSR count). The second-order valence-electron chi connectivity index (χ2n) is 3.45. The van der Waals surface area contributed by atoms with Crippen molar-refractivity contribution < 1.29 is 9.84 Å². The number of anilines is 1. The molecule has 3 nitrogen and oxygen atoms in total. The lowest BCUT2D eigenvalue weighted by atomic mass is 10.1. The quantitative estimate of drug-likeness (QED) is 0.671. The third kappa shape index (κ3) is 4.81. The van der Waals surface area contributed by atoms with Crippen molar-refractivity contribution in [2.45, 2.75) is 12.8 Å². The highest BCUT2D eigenvalue weighted by Gasteiger charge is 1.94. The van der Waals surface area contributed by atoms with Crippen LogP contribution in [0.1, 0.15) is 12.0 Å². The Bertz CT molecular complexity index is 276. The standard InChI is InChI=1S/C12H19NO2/c1-15-9-3-7-13-12-5-2-4-11(10-12)6-8-14/h2,4-5,10,13-14H,3,6-9H2,1H3. The number of aliphatic hydroxyl groups excluding tert-OH is 1. The lowest BCUT2D eigenvalue weighted by molar-refractivity contribution is 0.198. The molecule has 0 saturated heterocycles. The van der Waals surface area contributed by atoms with E-state index in [2.05, 4.69) is 11.4 Å². The predicted molar refractivity (Wildman–Crippen MR) is 62.2 cm³/mol. The van der Waals surface area contributed by atoms with Crippen LogP contribution in [0.5, 0.6) is 0 Å². The molecule has 2 N–H and O–H groups in total. The minimum absolute atomic E-state index is 0.202. The van der Waals surface area contributed by atoms with Crippen LogP contribution in [-0.4, -0.2) is 32.0 Å². The number of ether oxygens (including phenoxy) is 1. The zero-order valence-electron chi connectivity index (χ0n) is 9.20. The minimum atomic E-state index is 0.202. The van der Waals surface area contributed by atoms with E-state index in [-0.39, 0.29) is 6.61 Å². The SMILES string of the molecule is COCCCNc1cccc(CCO)c1. The number of aliphatic hydroxyl groups is 1. The Hall–Kier alpha value is -1.06. The molecule has 0 amide bonds. The van der Waals surface area contributed by atoms with Crippen molar-refractivity contribution in [1.82, 2.24) is 0 Å². The molecule has 0 atom stereocenters. The molecule has 0 radical (unpaired) electrons. The highest BCUT2D eigenvalue weighted by molar-refractivity contribution is 5.45. The van der Waals surface area contributed by atoms with Crippen molar-refractivity contribution in [3.05, 3.63) is 29.8 Å². The van der Waals surface area contributed by atoms with E-state index in [9.17, 15) is 0 Å². The van der Waals surface area contributed by atoms with Crippen LogP contribution in [0.2, 0.25) is 0 Å². The largest absolute Gasteiger partial charge is 0.396 e. The summed E-state index contributed by atoms with van der Waals surface area (Å²) in [6.45, 7) is 1.90. The third-order valence-corrected chi connectivity index (χ3v) is 2.18. The molecule has 3 heteroatoms. The molecule has 0 bridgehead atoms. The van der Waals surface area contributed by atoms with Gasteiger partial charge in [-0.2, -0.15) is 0 Å². The number of hydrogen-bond acceptors (Lipinski definition) is 3. The van der Waals surface area contributed by atoms with Crippen LogP contribution in [0.3, 0.4) is 0 Å². The average molecular weight is 209 g/mol. The van der Waals surface area contributed by atoms with Gasteiger partial charge in [0.2, 0.25) is 0 Å². The molecule has 0 fully saturated rings. The summed E-state index contributed by atoms with van der Waals surface area (Å²) in [4.78, 5) is 0. The fourth-order valence-corrected chi connectivity index (χ4v) is 1.42. The van der Waals surface area contributed by atoms with Crippen LogP contribution in [0.15, 0.2) is 24.3 Å². The van der Waals surface area contributed by atoms with E-state index >= 15 is 0 Å². The van der Waals surface area contributed by atoms with Gasteiger partial charge in [-0.3, -0.25) is 0 Å². The molecule has 0 aliphatic carbocycles. The Morgan fingerprint density at radius 1 is 1.40 bits per heavy atom. The van der Waals surface area contributed by atoms with Gasteiger partial charge in [0, 0.05) is 32.6 Å². The number of nitrogens with one attached hydrogen (secondary N) is 1. The summed E-state index contributed by atoms with van der Waals surface area (Å²) < 4.78 is 4.97. The van der Waals surface area contributed by atoms with E-state index in [0.717, 1.165) is 30.8 Å². The Kier molecular flexibility index (Phi) is 5.81. The highest BCUT2D eigenvalue weighted by atomic mass is 16.5. The fourth-order valence-electron chi connectivity index (χ4n) is 1.42. The van der Waals surface area contributed by atoms with E-state index in [0.29, 0.717) is 6.42 Å². The highest BCUT2D eigenvalue weighted by Crippen LogP contribution is 2.10. The van der Waals surface area contributed by atoms with Crippen LogP contribution < -0.4 is 5.32 Å². The molecule has 0 spiro atoms.